The molecule has 1 N–H and O–H groups in total. The first-order chi connectivity index (χ1) is 10.1. The average molecular weight is 280 g/mol. The maximum Gasteiger partial charge on any atom is 0.220 e. The number of carbonyl (C=O) groups excluding carboxylic acids is 1. The predicted molar refractivity (Wildman–Crippen MR) is 80.1 cm³/mol. The summed E-state index contributed by atoms with van der Waals surface area (Å²) < 4.78 is 3.07. The molecule has 1 aromatic heterocycles. The number of hydrogen-bond acceptors (Lipinski definition) is 3. The number of aromatic nitrogens is 3. The van der Waals surface area contributed by atoms with Gasteiger partial charge in [-0.1, -0.05) is 36.4 Å². The van der Waals surface area contributed by atoms with E-state index in [1.807, 2.05) is 42.5 Å². The number of fused-ring (bicyclic) bond motifs is 1. The average Bonchev–Trinajstić information content (AvgIpc) is 2.73. The minimum absolute atomic E-state index is 0.0182. The number of rotatable bonds is 3. The van der Waals surface area contributed by atoms with Gasteiger partial charge in [0.25, 0.3) is 0 Å². The van der Waals surface area contributed by atoms with Crippen molar-refractivity contribution in [3.63, 3.8) is 0 Å². The molecule has 3 aromatic rings. The summed E-state index contributed by atoms with van der Waals surface area (Å²) in [6.45, 7) is 1.93. The Labute approximate surface area is 122 Å². The van der Waals surface area contributed by atoms with E-state index in [1.54, 1.807) is 18.5 Å². The number of nitrogens with zero attached hydrogens (tertiary/aromatic N) is 3. The van der Waals surface area contributed by atoms with Gasteiger partial charge in [-0.25, -0.2) is 4.68 Å². The SMILES string of the molecule is Cc1nn(C)c(=N)n1CC(=O)c1ccc2ccccc2c1. The summed E-state index contributed by atoms with van der Waals surface area (Å²) in [5, 5.41) is 14.2. The Kier molecular flexibility index (Phi) is 3.17. The van der Waals surface area contributed by atoms with Crippen molar-refractivity contribution in [2.75, 3.05) is 0 Å². The molecular weight excluding hydrogens is 264 g/mol. The van der Waals surface area contributed by atoms with Crippen LogP contribution in [0, 0.1) is 12.3 Å². The number of ketones is 1. The number of hydrogen-bond donors (Lipinski definition) is 1. The molecule has 0 aliphatic heterocycles. The van der Waals surface area contributed by atoms with E-state index in [-0.39, 0.29) is 17.9 Å². The van der Waals surface area contributed by atoms with Gasteiger partial charge in [0.2, 0.25) is 5.62 Å². The van der Waals surface area contributed by atoms with E-state index < -0.39 is 0 Å². The molecule has 0 spiro atoms. The molecule has 106 valence electrons. The lowest BCUT2D eigenvalue weighted by atomic mass is 10.0. The Morgan fingerprint density at radius 3 is 2.57 bits per heavy atom. The van der Waals surface area contributed by atoms with Gasteiger partial charge in [-0.2, -0.15) is 5.10 Å². The Balaban J connectivity index is 1.95. The highest BCUT2D eigenvalue weighted by molar-refractivity contribution is 5.99. The van der Waals surface area contributed by atoms with Crippen molar-refractivity contribution in [2.45, 2.75) is 13.5 Å². The molecule has 0 aliphatic rings. The number of nitrogens with one attached hydrogen (secondary N) is 1. The van der Waals surface area contributed by atoms with Crippen molar-refractivity contribution in [1.29, 1.82) is 5.41 Å². The van der Waals surface area contributed by atoms with E-state index in [0.29, 0.717) is 11.4 Å². The van der Waals surface area contributed by atoms with Crippen LogP contribution in [0.1, 0.15) is 16.2 Å². The van der Waals surface area contributed by atoms with Crippen molar-refractivity contribution < 1.29 is 4.79 Å². The van der Waals surface area contributed by atoms with E-state index in [9.17, 15) is 4.79 Å². The molecule has 0 saturated carbocycles. The lowest BCUT2D eigenvalue weighted by Gasteiger charge is -2.05. The normalized spacial score (nSPS) is 11.0. The lowest BCUT2D eigenvalue weighted by Crippen LogP contribution is -2.26. The summed E-state index contributed by atoms with van der Waals surface area (Å²) >= 11 is 0. The lowest BCUT2D eigenvalue weighted by molar-refractivity contribution is 0.0969. The molecule has 1 heterocycles. The molecule has 2 aromatic carbocycles. The summed E-state index contributed by atoms with van der Waals surface area (Å²) in [6, 6.07) is 13.6. The van der Waals surface area contributed by atoms with E-state index >= 15 is 0 Å². The van der Waals surface area contributed by atoms with E-state index in [0.717, 1.165) is 10.8 Å². The topological polar surface area (TPSA) is 63.7 Å². The van der Waals surface area contributed by atoms with Crippen LogP contribution in [0.5, 0.6) is 0 Å². The highest BCUT2D eigenvalue weighted by Crippen LogP contribution is 2.16. The van der Waals surface area contributed by atoms with Crippen LogP contribution in [0.15, 0.2) is 42.5 Å². The first-order valence-electron chi connectivity index (χ1n) is 6.73. The van der Waals surface area contributed by atoms with E-state index in [4.69, 9.17) is 5.41 Å². The number of Topliss-reactive ketones (excluding diaryl/α,β-unsaturated/α-hetero) is 1. The Bertz CT molecular complexity index is 889. The Morgan fingerprint density at radius 1 is 1.19 bits per heavy atom. The zero-order valence-electron chi connectivity index (χ0n) is 12.0. The molecular formula is C16H16N4O. The van der Waals surface area contributed by atoms with Crippen LogP contribution in [-0.2, 0) is 13.6 Å². The van der Waals surface area contributed by atoms with Gasteiger partial charge in [-0.05, 0) is 23.8 Å². The molecule has 0 saturated heterocycles. The first kappa shape index (κ1) is 13.3. The zero-order valence-corrected chi connectivity index (χ0v) is 12.0. The van der Waals surface area contributed by atoms with Crippen LogP contribution in [0.2, 0.25) is 0 Å². The molecule has 0 aliphatic carbocycles. The summed E-state index contributed by atoms with van der Waals surface area (Å²) in [5.41, 5.74) is 0.880. The van der Waals surface area contributed by atoms with E-state index in [1.165, 1.54) is 4.68 Å². The molecule has 0 radical (unpaired) electrons. The van der Waals surface area contributed by atoms with Crippen molar-refractivity contribution in [3.8, 4) is 0 Å². The largest absolute Gasteiger partial charge is 0.292 e. The minimum Gasteiger partial charge on any atom is -0.292 e. The van der Waals surface area contributed by atoms with Gasteiger partial charge in [0.15, 0.2) is 5.78 Å². The number of benzene rings is 2. The van der Waals surface area contributed by atoms with Crippen LogP contribution < -0.4 is 5.62 Å². The van der Waals surface area contributed by atoms with Gasteiger partial charge in [-0.3, -0.25) is 14.8 Å². The summed E-state index contributed by atoms with van der Waals surface area (Å²) in [7, 11) is 1.70. The molecule has 21 heavy (non-hydrogen) atoms. The van der Waals surface area contributed by atoms with Crippen LogP contribution >= 0.6 is 0 Å². The summed E-state index contributed by atoms with van der Waals surface area (Å²) in [4.78, 5) is 12.4. The van der Waals surface area contributed by atoms with Crippen LogP contribution in [0.25, 0.3) is 10.8 Å². The minimum atomic E-state index is -0.0182. The second-order valence-electron chi connectivity index (χ2n) is 5.07. The van der Waals surface area contributed by atoms with Crippen molar-refractivity contribution in [1.82, 2.24) is 14.3 Å². The fraction of sp³-hybridized carbons (Fsp3) is 0.188. The Morgan fingerprint density at radius 2 is 1.90 bits per heavy atom. The number of carbonyl (C=O) groups is 1. The fourth-order valence-corrected chi connectivity index (χ4v) is 2.43. The third-order valence-corrected chi connectivity index (χ3v) is 3.62. The summed E-state index contributed by atoms with van der Waals surface area (Å²) in [5.74, 6) is 0.645. The van der Waals surface area contributed by atoms with Crippen LogP contribution in [0.4, 0.5) is 0 Å². The quantitative estimate of drug-likeness (QED) is 0.746. The molecule has 0 atom stereocenters. The third-order valence-electron chi connectivity index (χ3n) is 3.62. The van der Waals surface area contributed by atoms with Crippen molar-refractivity contribution in [3.05, 3.63) is 59.5 Å². The molecule has 5 nitrogen and oxygen atoms in total. The van der Waals surface area contributed by atoms with E-state index in [2.05, 4.69) is 5.10 Å². The van der Waals surface area contributed by atoms with Crippen LogP contribution in [0.3, 0.4) is 0 Å². The van der Waals surface area contributed by atoms with Crippen LogP contribution in [-0.4, -0.2) is 20.1 Å². The second-order valence-corrected chi connectivity index (χ2v) is 5.07. The molecule has 5 heteroatoms. The predicted octanol–water partition coefficient (Wildman–Crippen LogP) is 2.05. The maximum absolute atomic E-state index is 12.4. The van der Waals surface area contributed by atoms with Gasteiger partial charge >= 0.3 is 0 Å². The zero-order chi connectivity index (χ0) is 15.0. The monoisotopic (exact) mass is 280 g/mol. The third kappa shape index (κ3) is 2.38. The highest BCUT2D eigenvalue weighted by Gasteiger charge is 2.11. The van der Waals surface area contributed by atoms with Crippen molar-refractivity contribution in [2.24, 2.45) is 7.05 Å². The second kappa shape index (κ2) is 5.01. The molecule has 3 rings (SSSR count). The smallest absolute Gasteiger partial charge is 0.220 e. The van der Waals surface area contributed by atoms with Gasteiger partial charge in [0.05, 0.1) is 6.54 Å². The molecule has 0 fully saturated rings. The van der Waals surface area contributed by atoms with Gasteiger partial charge in [0.1, 0.15) is 5.82 Å². The Hall–Kier alpha value is -2.69. The highest BCUT2D eigenvalue weighted by atomic mass is 16.1. The maximum atomic E-state index is 12.4. The van der Waals surface area contributed by atoms with Gasteiger partial charge in [0, 0.05) is 12.6 Å². The fourth-order valence-electron chi connectivity index (χ4n) is 2.43. The number of aryl methyl sites for hydroxylation is 2. The van der Waals surface area contributed by atoms with Gasteiger partial charge in [-0.15, -0.1) is 0 Å². The van der Waals surface area contributed by atoms with Gasteiger partial charge < -0.3 is 0 Å². The molecule has 0 unspecified atom stereocenters. The molecule has 0 amide bonds. The van der Waals surface area contributed by atoms with Crippen molar-refractivity contribution >= 4 is 16.6 Å². The molecule has 0 bridgehead atoms. The summed E-state index contributed by atoms with van der Waals surface area (Å²) in [6.07, 6.45) is 0. The first-order valence-corrected chi connectivity index (χ1v) is 6.73. The standard InChI is InChI=1S/C16H16N4O/c1-11-18-19(2)16(17)20(11)10-15(21)14-8-7-12-5-3-4-6-13(12)9-14/h3-9,17H,10H2,1-2H3.